The fraction of sp³-hybridized carbons (Fsp3) is 0.800. The van der Waals surface area contributed by atoms with Gasteiger partial charge in [-0.3, -0.25) is 0 Å². The number of unbranched alkanes of at least 4 members (excludes halogenated alkanes) is 3. The maximum atomic E-state index is 3.71. The standard InChI is InChI=1S/C10H19.Zn/c1-4-5-6-7-8-9-10(2)3;/h4H,1,5-9H2,2-3H3;. The van der Waals surface area contributed by atoms with Gasteiger partial charge in [-0.05, 0) is 0 Å². The maximum absolute atomic E-state index is 3.71. The SMILES string of the molecule is C=CCCCCC[C](C)(C)[Zn]. The molecule has 0 aromatic heterocycles. The molecule has 11 heavy (non-hydrogen) atoms. The average molecular weight is 205 g/mol. The Kier molecular flexibility index (Phi) is 6.14. The van der Waals surface area contributed by atoms with Crippen LogP contribution in [0.25, 0.3) is 0 Å². The van der Waals surface area contributed by atoms with E-state index in [0.29, 0.717) is 4.01 Å². The first-order chi connectivity index (χ1) is 5.06. The van der Waals surface area contributed by atoms with Crippen molar-refractivity contribution in [3.05, 3.63) is 12.7 Å². The van der Waals surface area contributed by atoms with Crippen molar-refractivity contribution in [1.29, 1.82) is 0 Å². The minimum absolute atomic E-state index is 0.647. The van der Waals surface area contributed by atoms with Crippen molar-refractivity contribution >= 4 is 0 Å². The van der Waals surface area contributed by atoms with Gasteiger partial charge in [0.2, 0.25) is 0 Å². The van der Waals surface area contributed by atoms with Gasteiger partial charge >= 0.3 is 80.9 Å². The first-order valence-electron chi connectivity index (χ1n) is 4.52. The topological polar surface area (TPSA) is 0 Å². The molecular formula is C10H19Zn. The van der Waals surface area contributed by atoms with Crippen LogP contribution in [0.2, 0.25) is 4.01 Å². The van der Waals surface area contributed by atoms with Gasteiger partial charge in [-0.1, -0.05) is 0 Å². The van der Waals surface area contributed by atoms with Gasteiger partial charge in [-0.2, -0.15) is 0 Å². The van der Waals surface area contributed by atoms with E-state index in [1.54, 1.807) is 0 Å². The molecule has 0 bridgehead atoms. The van der Waals surface area contributed by atoms with Crippen LogP contribution in [0.3, 0.4) is 0 Å². The second kappa shape index (κ2) is 5.94. The van der Waals surface area contributed by atoms with Gasteiger partial charge in [0.25, 0.3) is 0 Å². The van der Waals surface area contributed by atoms with Crippen molar-refractivity contribution in [3.8, 4) is 0 Å². The Morgan fingerprint density at radius 2 is 1.91 bits per heavy atom. The van der Waals surface area contributed by atoms with Gasteiger partial charge in [0.15, 0.2) is 0 Å². The summed E-state index contributed by atoms with van der Waals surface area (Å²) in [5.74, 6) is 0. The summed E-state index contributed by atoms with van der Waals surface area (Å²) >= 11 is 1.43. The van der Waals surface area contributed by atoms with E-state index in [1.807, 2.05) is 6.08 Å². The van der Waals surface area contributed by atoms with Crippen molar-refractivity contribution in [2.45, 2.75) is 50.0 Å². The number of rotatable bonds is 6. The fourth-order valence-electron chi connectivity index (χ4n) is 1.07. The molecule has 0 amide bonds. The van der Waals surface area contributed by atoms with E-state index in [1.165, 1.54) is 50.4 Å². The number of allylic oxidation sites excluding steroid dienone is 1. The molecule has 0 N–H and O–H groups in total. The molecule has 1 heteroatoms. The van der Waals surface area contributed by atoms with Crippen molar-refractivity contribution in [1.82, 2.24) is 0 Å². The van der Waals surface area contributed by atoms with Crippen LogP contribution in [0, 0.1) is 0 Å². The Balaban J connectivity index is 3.08. The van der Waals surface area contributed by atoms with E-state index in [2.05, 4.69) is 20.4 Å². The van der Waals surface area contributed by atoms with Crippen LogP contribution in [-0.4, -0.2) is 0 Å². The molecule has 0 saturated heterocycles. The average Bonchev–Trinajstić information content (AvgIpc) is 1.85. The van der Waals surface area contributed by atoms with Crippen LogP contribution in [0.15, 0.2) is 12.7 Å². The molecule has 0 saturated carbocycles. The van der Waals surface area contributed by atoms with Gasteiger partial charge in [0.05, 0.1) is 0 Å². The molecular weight excluding hydrogens is 185 g/mol. The second-order valence-corrected chi connectivity index (χ2v) is 8.07. The van der Waals surface area contributed by atoms with E-state index < -0.39 is 0 Å². The van der Waals surface area contributed by atoms with E-state index in [4.69, 9.17) is 0 Å². The molecule has 0 aromatic rings. The van der Waals surface area contributed by atoms with E-state index >= 15 is 0 Å². The zero-order chi connectivity index (χ0) is 8.74. The van der Waals surface area contributed by atoms with Crippen LogP contribution in [0.5, 0.6) is 0 Å². The zero-order valence-electron chi connectivity index (χ0n) is 8.03. The molecule has 0 aliphatic carbocycles. The second-order valence-electron chi connectivity index (χ2n) is 4.05. The van der Waals surface area contributed by atoms with Crippen LogP contribution in [0.1, 0.15) is 46.0 Å². The van der Waals surface area contributed by atoms with Crippen molar-refractivity contribution in [2.24, 2.45) is 0 Å². The Labute approximate surface area is 81.1 Å². The molecule has 0 aromatic carbocycles. The van der Waals surface area contributed by atoms with Gasteiger partial charge in [-0.25, -0.2) is 0 Å². The Bertz CT molecular complexity index is 99.9. The number of hydrogen-bond acceptors (Lipinski definition) is 0. The summed E-state index contributed by atoms with van der Waals surface area (Å²) in [6.07, 6.45) is 8.74. The molecule has 0 aliphatic rings. The van der Waals surface area contributed by atoms with Crippen LogP contribution in [0.4, 0.5) is 0 Å². The van der Waals surface area contributed by atoms with Crippen LogP contribution < -0.4 is 0 Å². The van der Waals surface area contributed by atoms with Crippen molar-refractivity contribution in [3.63, 3.8) is 0 Å². The third kappa shape index (κ3) is 10.4. The Hall–Kier alpha value is 0.363. The van der Waals surface area contributed by atoms with Gasteiger partial charge in [0.1, 0.15) is 0 Å². The summed E-state index contributed by atoms with van der Waals surface area (Å²) in [7, 11) is 0. The predicted molar refractivity (Wildman–Crippen MR) is 47.3 cm³/mol. The summed E-state index contributed by atoms with van der Waals surface area (Å²) in [6, 6.07) is 0. The fourth-order valence-corrected chi connectivity index (χ4v) is 1.59. The van der Waals surface area contributed by atoms with Crippen LogP contribution in [-0.2, 0) is 18.3 Å². The Morgan fingerprint density at radius 1 is 1.27 bits per heavy atom. The third-order valence-corrected chi connectivity index (χ3v) is 2.50. The molecule has 0 spiro atoms. The molecule has 0 unspecified atom stereocenters. The van der Waals surface area contributed by atoms with Crippen molar-refractivity contribution in [2.75, 3.05) is 0 Å². The minimum atomic E-state index is 0.647. The normalized spacial score (nSPS) is 11.6. The monoisotopic (exact) mass is 203 g/mol. The van der Waals surface area contributed by atoms with Gasteiger partial charge in [0, 0.05) is 0 Å². The zero-order valence-corrected chi connectivity index (χ0v) is 11.0. The summed E-state index contributed by atoms with van der Waals surface area (Å²) in [4.78, 5) is 0. The predicted octanol–water partition coefficient (Wildman–Crippen LogP) is 3.87. The molecule has 0 heterocycles. The Morgan fingerprint density at radius 3 is 2.36 bits per heavy atom. The first-order valence-corrected chi connectivity index (χ1v) is 6.01. The summed E-state index contributed by atoms with van der Waals surface area (Å²) in [6.45, 7) is 8.44. The van der Waals surface area contributed by atoms with Crippen molar-refractivity contribution < 1.29 is 18.3 Å². The van der Waals surface area contributed by atoms with Crippen LogP contribution >= 0.6 is 0 Å². The van der Waals surface area contributed by atoms with E-state index in [9.17, 15) is 0 Å². The van der Waals surface area contributed by atoms with Gasteiger partial charge in [-0.15, -0.1) is 0 Å². The first kappa shape index (κ1) is 11.4. The molecule has 61 valence electrons. The summed E-state index contributed by atoms with van der Waals surface area (Å²) < 4.78 is 0.647. The summed E-state index contributed by atoms with van der Waals surface area (Å²) in [5, 5.41) is 0. The van der Waals surface area contributed by atoms with Gasteiger partial charge < -0.3 is 0 Å². The molecule has 0 aliphatic heterocycles. The molecule has 0 nitrogen and oxygen atoms in total. The molecule has 0 radical (unpaired) electrons. The van der Waals surface area contributed by atoms with E-state index in [0.717, 1.165) is 0 Å². The molecule has 0 fully saturated rings. The third-order valence-electron chi connectivity index (χ3n) is 1.76. The molecule has 0 rings (SSSR count). The quantitative estimate of drug-likeness (QED) is 0.350. The number of hydrogen-bond donors (Lipinski definition) is 0. The summed E-state index contributed by atoms with van der Waals surface area (Å²) in [5.41, 5.74) is 0. The molecule has 0 atom stereocenters. The van der Waals surface area contributed by atoms with E-state index in [-0.39, 0.29) is 0 Å².